The maximum atomic E-state index is 11.9. The van der Waals surface area contributed by atoms with Crippen LogP contribution in [-0.2, 0) is 30.0 Å². The molecule has 6 nitrogen and oxygen atoms in total. The van der Waals surface area contributed by atoms with Gasteiger partial charge in [0.1, 0.15) is 22.3 Å². The molecule has 0 amide bonds. The summed E-state index contributed by atoms with van der Waals surface area (Å²) in [6, 6.07) is 0. The molecule has 1 fully saturated rings. The highest BCUT2D eigenvalue weighted by molar-refractivity contribution is 7.83. The van der Waals surface area contributed by atoms with E-state index in [2.05, 4.69) is 4.74 Å². The smallest absolute Gasteiger partial charge is 0.319 e. The zero-order valence-corrected chi connectivity index (χ0v) is 13.3. The Morgan fingerprint density at radius 1 is 1.25 bits per heavy atom. The molecule has 0 aromatic rings. The molecule has 7 heteroatoms. The molecule has 0 saturated carbocycles. The van der Waals surface area contributed by atoms with E-state index in [1.807, 2.05) is 20.8 Å². The lowest BCUT2D eigenvalue weighted by Crippen LogP contribution is -2.41. The molecule has 0 aliphatic carbocycles. The number of carbonyl (C=O) groups excluding carboxylic acids is 2. The molecular weight excluding hydrogens is 282 g/mol. The standard InChI is InChI=1S/C13H23NO5S/c1-13(2,3)19-12(16)10-5-7-14(8-6-10)20(17)9-11(15)18-4/h10H,5-9H2,1-4H3. The molecule has 1 saturated heterocycles. The molecule has 0 bridgehead atoms. The Bertz CT molecular complexity index is 383. The molecule has 20 heavy (non-hydrogen) atoms. The summed E-state index contributed by atoms with van der Waals surface area (Å²) in [6.07, 6.45) is 1.20. The van der Waals surface area contributed by atoms with Crippen LogP contribution >= 0.6 is 0 Å². The van der Waals surface area contributed by atoms with E-state index in [4.69, 9.17) is 4.74 Å². The maximum Gasteiger partial charge on any atom is 0.319 e. The number of hydrogen-bond donors (Lipinski definition) is 0. The Balaban J connectivity index is 2.42. The van der Waals surface area contributed by atoms with Crippen molar-refractivity contribution in [2.75, 3.05) is 26.0 Å². The third-order valence-corrected chi connectivity index (χ3v) is 4.37. The maximum absolute atomic E-state index is 11.9. The molecule has 0 aromatic heterocycles. The van der Waals surface area contributed by atoms with E-state index in [1.165, 1.54) is 7.11 Å². The van der Waals surface area contributed by atoms with Crippen LogP contribution in [0, 0.1) is 5.92 Å². The van der Waals surface area contributed by atoms with E-state index in [-0.39, 0.29) is 17.6 Å². The second kappa shape index (κ2) is 7.17. The topological polar surface area (TPSA) is 72.9 Å². The third-order valence-electron chi connectivity index (χ3n) is 2.95. The molecular formula is C13H23NO5S. The number of ether oxygens (including phenoxy) is 2. The van der Waals surface area contributed by atoms with Gasteiger partial charge >= 0.3 is 11.9 Å². The third kappa shape index (κ3) is 5.58. The lowest BCUT2D eigenvalue weighted by molar-refractivity contribution is -0.161. The minimum absolute atomic E-state index is 0.131. The van der Waals surface area contributed by atoms with Gasteiger partial charge < -0.3 is 9.47 Å². The van der Waals surface area contributed by atoms with Gasteiger partial charge in [0.2, 0.25) is 0 Å². The first kappa shape index (κ1) is 17.1. The number of rotatable bonds is 4. The predicted octanol–water partition coefficient (Wildman–Crippen LogP) is 0.877. The second-order valence-electron chi connectivity index (χ2n) is 5.78. The number of carbonyl (C=O) groups is 2. The van der Waals surface area contributed by atoms with E-state index in [0.717, 1.165) is 0 Å². The minimum atomic E-state index is -1.38. The summed E-state index contributed by atoms with van der Waals surface area (Å²) >= 11 is 0. The summed E-state index contributed by atoms with van der Waals surface area (Å²) in [5, 5.41) is 0. The van der Waals surface area contributed by atoms with Crippen LogP contribution in [0.4, 0.5) is 0 Å². The lowest BCUT2D eigenvalue weighted by Gasteiger charge is -2.31. The van der Waals surface area contributed by atoms with Gasteiger partial charge in [-0.1, -0.05) is 0 Å². The highest BCUT2D eigenvalue weighted by Gasteiger charge is 2.31. The van der Waals surface area contributed by atoms with E-state index >= 15 is 0 Å². The van der Waals surface area contributed by atoms with Crippen molar-refractivity contribution in [1.29, 1.82) is 0 Å². The quantitative estimate of drug-likeness (QED) is 0.721. The van der Waals surface area contributed by atoms with Crippen LogP contribution in [0.3, 0.4) is 0 Å². The highest BCUT2D eigenvalue weighted by Crippen LogP contribution is 2.22. The van der Waals surface area contributed by atoms with Crippen LogP contribution in [-0.4, -0.2) is 52.0 Å². The van der Waals surface area contributed by atoms with Crippen molar-refractivity contribution in [3.8, 4) is 0 Å². The molecule has 1 heterocycles. The van der Waals surface area contributed by atoms with E-state index < -0.39 is 22.6 Å². The van der Waals surface area contributed by atoms with Crippen molar-refractivity contribution in [1.82, 2.24) is 4.31 Å². The van der Waals surface area contributed by atoms with Gasteiger partial charge in [-0.15, -0.1) is 0 Å². The van der Waals surface area contributed by atoms with Crippen LogP contribution in [0.25, 0.3) is 0 Å². The first-order chi connectivity index (χ1) is 9.23. The Kier molecular flexibility index (Phi) is 6.13. The van der Waals surface area contributed by atoms with E-state index in [0.29, 0.717) is 25.9 Å². The number of methoxy groups -OCH3 is 1. The first-order valence-electron chi connectivity index (χ1n) is 6.66. The SMILES string of the molecule is COC(=O)CS(=O)N1CCC(C(=O)OC(C)(C)C)CC1. The fourth-order valence-electron chi connectivity index (χ4n) is 1.93. The van der Waals surface area contributed by atoms with Crippen molar-refractivity contribution in [2.24, 2.45) is 5.92 Å². The number of hydrogen-bond acceptors (Lipinski definition) is 5. The average Bonchev–Trinajstić information content (AvgIpc) is 2.36. The number of esters is 2. The van der Waals surface area contributed by atoms with E-state index in [1.54, 1.807) is 4.31 Å². The van der Waals surface area contributed by atoms with Crippen molar-refractivity contribution < 1.29 is 23.3 Å². The van der Waals surface area contributed by atoms with Crippen molar-refractivity contribution in [3.05, 3.63) is 0 Å². The Hall–Kier alpha value is -0.950. The molecule has 1 aliphatic rings. The number of piperidine rings is 1. The number of nitrogens with zero attached hydrogens (tertiary/aromatic N) is 1. The fraction of sp³-hybridized carbons (Fsp3) is 0.846. The van der Waals surface area contributed by atoms with Gasteiger partial charge in [-0.25, -0.2) is 8.51 Å². The van der Waals surface area contributed by atoms with Gasteiger partial charge in [-0.3, -0.25) is 9.59 Å². The van der Waals surface area contributed by atoms with Crippen molar-refractivity contribution in [3.63, 3.8) is 0 Å². The fourth-order valence-corrected chi connectivity index (χ4v) is 3.05. The first-order valence-corrected chi connectivity index (χ1v) is 7.93. The summed E-state index contributed by atoms with van der Waals surface area (Å²) in [7, 11) is -0.105. The normalized spacial score (nSPS) is 19.4. The van der Waals surface area contributed by atoms with Crippen molar-refractivity contribution in [2.45, 2.75) is 39.2 Å². The monoisotopic (exact) mass is 305 g/mol. The van der Waals surface area contributed by atoms with Crippen LogP contribution < -0.4 is 0 Å². The average molecular weight is 305 g/mol. The molecule has 1 aliphatic heterocycles. The Labute approximate surface area is 122 Å². The minimum Gasteiger partial charge on any atom is -0.468 e. The molecule has 1 unspecified atom stereocenters. The van der Waals surface area contributed by atoms with Crippen molar-refractivity contribution >= 4 is 22.9 Å². The second-order valence-corrected chi connectivity index (χ2v) is 7.23. The Morgan fingerprint density at radius 2 is 1.80 bits per heavy atom. The summed E-state index contributed by atoms with van der Waals surface area (Å²) in [4.78, 5) is 23.0. The van der Waals surface area contributed by atoms with Crippen LogP contribution in [0.5, 0.6) is 0 Å². The summed E-state index contributed by atoms with van der Waals surface area (Å²) in [5.74, 6) is -0.970. The van der Waals surface area contributed by atoms with Crippen LogP contribution in [0.1, 0.15) is 33.6 Å². The van der Waals surface area contributed by atoms with Gasteiger partial charge in [0.25, 0.3) is 0 Å². The molecule has 0 radical (unpaired) electrons. The molecule has 0 spiro atoms. The molecule has 116 valence electrons. The Morgan fingerprint density at radius 3 is 2.25 bits per heavy atom. The molecule has 1 atom stereocenters. The van der Waals surface area contributed by atoms with Gasteiger partial charge in [0.05, 0.1) is 13.0 Å². The van der Waals surface area contributed by atoms with E-state index in [9.17, 15) is 13.8 Å². The molecule has 0 N–H and O–H groups in total. The van der Waals surface area contributed by atoms with Gasteiger partial charge in [0.15, 0.2) is 0 Å². The molecule has 1 rings (SSSR count). The van der Waals surface area contributed by atoms with Crippen LogP contribution in [0.2, 0.25) is 0 Å². The zero-order valence-electron chi connectivity index (χ0n) is 12.5. The largest absolute Gasteiger partial charge is 0.468 e. The van der Waals surface area contributed by atoms with Gasteiger partial charge in [-0.2, -0.15) is 0 Å². The summed E-state index contributed by atoms with van der Waals surface area (Å²) in [6.45, 7) is 6.56. The van der Waals surface area contributed by atoms with Crippen LogP contribution in [0.15, 0.2) is 0 Å². The zero-order chi connectivity index (χ0) is 15.3. The predicted molar refractivity (Wildman–Crippen MR) is 75.2 cm³/mol. The summed E-state index contributed by atoms with van der Waals surface area (Å²) in [5.41, 5.74) is -0.484. The van der Waals surface area contributed by atoms with Gasteiger partial charge in [-0.05, 0) is 33.6 Å². The lowest BCUT2D eigenvalue weighted by atomic mass is 9.98. The highest BCUT2D eigenvalue weighted by atomic mass is 32.2. The molecule has 0 aromatic carbocycles. The van der Waals surface area contributed by atoms with Gasteiger partial charge in [0, 0.05) is 13.1 Å². The summed E-state index contributed by atoms with van der Waals surface area (Å²) < 4.78 is 23.4.